The van der Waals surface area contributed by atoms with E-state index in [4.69, 9.17) is 5.84 Å². The van der Waals surface area contributed by atoms with Crippen molar-refractivity contribution in [2.24, 2.45) is 5.84 Å². The minimum Gasteiger partial charge on any atom is -0.299 e. The summed E-state index contributed by atoms with van der Waals surface area (Å²) in [5, 5.41) is 4.94. The second kappa shape index (κ2) is 1.78. The van der Waals surface area contributed by atoms with Gasteiger partial charge in [0.05, 0.1) is 6.67 Å². The second-order valence-corrected chi connectivity index (χ2v) is 2.03. The normalized spacial score (nSPS) is 34.3. The van der Waals surface area contributed by atoms with Crippen LogP contribution in [0.4, 0.5) is 0 Å². The molecule has 1 aliphatic rings. The molecule has 1 heterocycles. The molecule has 0 radical (unpaired) electrons. The predicted octanol–water partition coefficient (Wildman–Crippen LogP) is -0.889. The van der Waals surface area contributed by atoms with Crippen LogP contribution >= 0.6 is 0 Å². The van der Waals surface area contributed by atoms with Gasteiger partial charge in [-0.3, -0.25) is 11.2 Å². The first-order valence-electron chi connectivity index (χ1n) is 2.52. The first-order valence-corrected chi connectivity index (χ1v) is 2.52. The largest absolute Gasteiger partial charge is 0.299 e. The van der Waals surface area contributed by atoms with Gasteiger partial charge in [-0.15, -0.1) is 0 Å². The maximum Gasteiger partial charge on any atom is 0.0621 e. The zero-order valence-electron chi connectivity index (χ0n) is 4.52. The van der Waals surface area contributed by atoms with Gasteiger partial charge < -0.3 is 0 Å². The quantitative estimate of drug-likeness (QED) is 0.389. The van der Waals surface area contributed by atoms with Gasteiger partial charge in [0, 0.05) is 12.6 Å². The van der Waals surface area contributed by atoms with Crippen LogP contribution in [-0.4, -0.2) is 24.3 Å². The fraction of sp³-hybridized carbons (Fsp3) is 1.00. The lowest BCUT2D eigenvalue weighted by molar-refractivity contribution is 0.347. The van der Waals surface area contributed by atoms with E-state index in [1.807, 2.05) is 0 Å². The van der Waals surface area contributed by atoms with Crippen LogP contribution in [0.3, 0.4) is 0 Å². The van der Waals surface area contributed by atoms with Crippen molar-refractivity contribution in [1.29, 1.82) is 0 Å². The Bertz CT molecular complexity index is 56.0. The van der Waals surface area contributed by atoms with Crippen molar-refractivity contribution in [1.82, 2.24) is 10.3 Å². The van der Waals surface area contributed by atoms with Gasteiger partial charge in [-0.05, 0) is 6.92 Å². The van der Waals surface area contributed by atoms with Crippen molar-refractivity contribution in [2.45, 2.75) is 13.0 Å². The van der Waals surface area contributed by atoms with E-state index < -0.39 is 0 Å². The third-order valence-corrected chi connectivity index (χ3v) is 1.15. The lowest BCUT2D eigenvalue weighted by Crippen LogP contribution is -2.28. The van der Waals surface area contributed by atoms with Crippen LogP contribution in [0.5, 0.6) is 0 Å². The highest BCUT2D eigenvalue weighted by Gasteiger charge is 2.12. The van der Waals surface area contributed by atoms with Crippen LogP contribution in [0.2, 0.25) is 0 Å². The predicted molar refractivity (Wildman–Crippen MR) is 28.4 cm³/mol. The minimum atomic E-state index is 0.574. The molecule has 3 heteroatoms. The summed E-state index contributed by atoms with van der Waals surface area (Å²) in [6.07, 6.45) is 0. The number of nitrogens with one attached hydrogen (secondary N) is 1. The molecule has 0 aliphatic carbocycles. The molecule has 7 heavy (non-hydrogen) atoms. The van der Waals surface area contributed by atoms with E-state index in [9.17, 15) is 0 Å². The summed E-state index contributed by atoms with van der Waals surface area (Å²) in [6, 6.07) is 0.574. The van der Waals surface area contributed by atoms with E-state index in [1.54, 1.807) is 5.01 Å². The van der Waals surface area contributed by atoms with E-state index in [0.717, 1.165) is 13.2 Å². The molecule has 1 saturated heterocycles. The van der Waals surface area contributed by atoms with Gasteiger partial charge in [0.25, 0.3) is 0 Å². The molecule has 0 aromatic carbocycles. The molecular weight excluding hydrogens is 90.1 g/mol. The molecule has 0 aromatic heterocycles. The van der Waals surface area contributed by atoms with Crippen LogP contribution in [0.15, 0.2) is 0 Å². The molecule has 1 rings (SSSR count). The Labute approximate surface area is 43.4 Å². The summed E-state index contributed by atoms with van der Waals surface area (Å²) in [5.41, 5.74) is 0. The van der Waals surface area contributed by atoms with Crippen molar-refractivity contribution in [3.8, 4) is 0 Å². The Balaban J connectivity index is 2.26. The fourth-order valence-corrected chi connectivity index (χ4v) is 0.754. The first kappa shape index (κ1) is 5.03. The van der Waals surface area contributed by atoms with Crippen molar-refractivity contribution < 1.29 is 0 Å². The summed E-state index contributed by atoms with van der Waals surface area (Å²) < 4.78 is 0. The van der Waals surface area contributed by atoms with Gasteiger partial charge in [-0.2, -0.15) is 0 Å². The van der Waals surface area contributed by atoms with Gasteiger partial charge >= 0.3 is 0 Å². The van der Waals surface area contributed by atoms with E-state index in [0.29, 0.717) is 6.04 Å². The molecule has 1 unspecified atom stereocenters. The maximum absolute atomic E-state index is 5.40. The Kier molecular flexibility index (Phi) is 1.27. The number of rotatable bonds is 0. The Hall–Kier alpha value is -0.120. The molecule has 1 fully saturated rings. The van der Waals surface area contributed by atoms with Crippen LogP contribution in [0.25, 0.3) is 0 Å². The second-order valence-electron chi connectivity index (χ2n) is 2.03. The molecule has 42 valence electrons. The van der Waals surface area contributed by atoms with Crippen molar-refractivity contribution in [3.05, 3.63) is 0 Å². The maximum atomic E-state index is 5.40. The van der Waals surface area contributed by atoms with E-state index in [2.05, 4.69) is 12.2 Å². The number of hydrogen-bond acceptors (Lipinski definition) is 3. The SMILES string of the molecule is CC1CN(N)CN1. The average molecular weight is 101 g/mol. The summed E-state index contributed by atoms with van der Waals surface area (Å²) in [4.78, 5) is 0. The third kappa shape index (κ3) is 1.12. The standard InChI is InChI=1S/C4H11N3/c1-4-2-7(5)3-6-4/h4,6H,2-3,5H2,1H3. The van der Waals surface area contributed by atoms with E-state index >= 15 is 0 Å². The number of nitrogens with zero attached hydrogens (tertiary/aromatic N) is 1. The zero-order chi connectivity index (χ0) is 5.28. The average Bonchev–Trinajstić information content (AvgIpc) is 1.87. The van der Waals surface area contributed by atoms with Gasteiger partial charge in [0.15, 0.2) is 0 Å². The zero-order valence-corrected chi connectivity index (χ0v) is 4.52. The highest BCUT2D eigenvalue weighted by atomic mass is 15.5. The van der Waals surface area contributed by atoms with Crippen LogP contribution < -0.4 is 11.2 Å². The van der Waals surface area contributed by atoms with Crippen LogP contribution in [0, 0.1) is 0 Å². The highest BCUT2D eigenvalue weighted by Crippen LogP contribution is 1.90. The molecule has 0 aromatic rings. The molecular formula is C4H11N3. The Morgan fingerprint density at radius 1 is 1.86 bits per heavy atom. The molecule has 3 nitrogen and oxygen atoms in total. The molecule has 0 saturated carbocycles. The van der Waals surface area contributed by atoms with Crippen molar-refractivity contribution in [3.63, 3.8) is 0 Å². The van der Waals surface area contributed by atoms with Gasteiger partial charge in [0.2, 0.25) is 0 Å². The number of hydrogen-bond donors (Lipinski definition) is 2. The molecule has 0 amide bonds. The number of nitrogens with two attached hydrogens (primary N) is 1. The summed E-state index contributed by atoms with van der Waals surface area (Å²) >= 11 is 0. The van der Waals surface area contributed by atoms with Gasteiger partial charge in [0.1, 0.15) is 0 Å². The summed E-state index contributed by atoms with van der Waals surface area (Å²) in [6.45, 7) is 3.92. The minimum absolute atomic E-state index is 0.574. The molecule has 0 spiro atoms. The third-order valence-electron chi connectivity index (χ3n) is 1.15. The lowest BCUT2D eigenvalue weighted by Gasteiger charge is -2.01. The highest BCUT2D eigenvalue weighted by molar-refractivity contribution is 4.69. The van der Waals surface area contributed by atoms with Gasteiger partial charge in [-0.25, -0.2) is 5.01 Å². The van der Waals surface area contributed by atoms with Crippen LogP contribution in [0.1, 0.15) is 6.92 Å². The summed E-state index contributed by atoms with van der Waals surface area (Å²) in [7, 11) is 0. The van der Waals surface area contributed by atoms with Gasteiger partial charge in [-0.1, -0.05) is 0 Å². The molecule has 0 bridgehead atoms. The lowest BCUT2D eigenvalue weighted by atomic mass is 10.4. The molecule has 1 aliphatic heterocycles. The first-order chi connectivity index (χ1) is 3.29. The van der Waals surface area contributed by atoms with Crippen molar-refractivity contribution in [2.75, 3.05) is 13.2 Å². The summed E-state index contributed by atoms with van der Waals surface area (Å²) in [5.74, 6) is 5.40. The van der Waals surface area contributed by atoms with E-state index in [-0.39, 0.29) is 0 Å². The Morgan fingerprint density at radius 2 is 2.57 bits per heavy atom. The molecule has 1 atom stereocenters. The smallest absolute Gasteiger partial charge is 0.0621 e. The van der Waals surface area contributed by atoms with Crippen molar-refractivity contribution >= 4 is 0 Å². The van der Waals surface area contributed by atoms with E-state index in [1.165, 1.54) is 0 Å². The fourth-order valence-electron chi connectivity index (χ4n) is 0.754. The monoisotopic (exact) mass is 101 g/mol. The molecule has 3 N–H and O–H groups in total. The topological polar surface area (TPSA) is 41.3 Å². The Morgan fingerprint density at radius 3 is 2.71 bits per heavy atom. The van der Waals surface area contributed by atoms with Crippen LogP contribution in [-0.2, 0) is 0 Å². The number of hydrazine groups is 1.